The van der Waals surface area contributed by atoms with Crippen LogP contribution in [0.25, 0.3) is 0 Å². The number of aryl methyl sites for hydroxylation is 2. The van der Waals surface area contributed by atoms with E-state index in [1.807, 2.05) is 0 Å². The summed E-state index contributed by atoms with van der Waals surface area (Å²) in [5.74, 6) is -1.86. The fourth-order valence-corrected chi connectivity index (χ4v) is 4.83. The van der Waals surface area contributed by atoms with Crippen molar-refractivity contribution in [2.75, 3.05) is 11.5 Å². The molecule has 0 unspecified atom stereocenters. The van der Waals surface area contributed by atoms with E-state index in [1.165, 1.54) is 23.2 Å². The molecule has 0 aliphatic rings. The van der Waals surface area contributed by atoms with Gasteiger partial charge in [0.25, 0.3) is 11.6 Å². The van der Waals surface area contributed by atoms with Crippen LogP contribution >= 0.6 is 47.8 Å². The summed E-state index contributed by atoms with van der Waals surface area (Å²) in [4.78, 5) is 6.83. The lowest BCUT2D eigenvalue weighted by molar-refractivity contribution is -0.145. The van der Waals surface area contributed by atoms with Gasteiger partial charge in [0.15, 0.2) is 0 Å². The van der Waals surface area contributed by atoms with Crippen LogP contribution in [0.1, 0.15) is 34.4 Å². The SMILES string of the molecule is Cc1nc(C(F)(F)F)nn1Cc1cc(Br)c(N)c(Br)c1.Cc1nc(C(F)(F)F)nn1Cc1ccc(N)c(Br)c1. The number of hydrogen-bond donors (Lipinski definition) is 2. The maximum Gasteiger partial charge on any atom is 0.453 e. The highest BCUT2D eigenvalue weighted by molar-refractivity contribution is 9.11. The summed E-state index contributed by atoms with van der Waals surface area (Å²) in [6, 6.07) is 8.61. The molecule has 8 nitrogen and oxygen atoms in total. The predicted octanol–water partition coefficient (Wildman–Crippen LogP) is 6.76. The zero-order chi connectivity index (χ0) is 29.3. The maximum absolute atomic E-state index is 12.5. The fourth-order valence-electron chi connectivity index (χ4n) is 3.12. The van der Waals surface area contributed by atoms with E-state index >= 15 is 0 Å². The Bertz CT molecular complexity index is 1460. The minimum absolute atomic E-state index is 0.173. The zero-order valence-corrected chi connectivity index (χ0v) is 24.8. The zero-order valence-electron chi connectivity index (χ0n) is 20.0. The summed E-state index contributed by atoms with van der Waals surface area (Å²) in [7, 11) is 0. The lowest BCUT2D eigenvalue weighted by Gasteiger charge is -2.08. The molecule has 17 heteroatoms. The lowest BCUT2D eigenvalue weighted by atomic mass is 10.2. The van der Waals surface area contributed by atoms with Crippen molar-refractivity contribution < 1.29 is 26.3 Å². The summed E-state index contributed by atoms with van der Waals surface area (Å²) >= 11 is 9.84. The van der Waals surface area contributed by atoms with E-state index < -0.39 is 24.0 Å². The number of benzene rings is 2. The monoisotopic (exact) mass is 746 g/mol. The Hall–Kier alpha value is -2.66. The largest absolute Gasteiger partial charge is 0.453 e. The summed E-state index contributed by atoms with van der Waals surface area (Å²) in [6.45, 7) is 3.33. The number of nitrogen functional groups attached to an aromatic ring is 2. The van der Waals surface area contributed by atoms with Crippen molar-refractivity contribution in [3.63, 3.8) is 0 Å². The third-order valence-electron chi connectivity index (χ3n) is 5.09. The van der Waals surface area contributed by atoms with Gasteiger partial charge in [-0.1, -0.05) is 6.07 Å². The van der Waals surface area contributed by atoms with Crippen LogP contribution in [0.15, 0.2) is 43.7 Å². The van der Waals surface area contributed by atoms with Gasteiger partial charge in [0.1, 0.15) is 11.6 Å². The van der Waals surface area contributed by atoms with E-state index in [4.69, 9.17) is 11.5 Å². The van der Waals surface area contributed by atoms with Gasteiger partial charge < -0.3 is 11.5 Å². The molecule has 2 heterocycles. The van der Waals surface area contributed by atoms with Crippen LogP contribution in [0.3, 0.4) is 0 Å². The smallest absolute Gasteiger partial charge is 0.398 e. The van der Waals surface area contributed by atoms with Gasteiger partial charge in [-0.2, -0.15) is 26.3 Å². The van der Waals surface area contributed by atoms with Crippen LogP contribution in [0.5, 0.6) is 0 Å². The number of aromatic nitrogens is 6. The summed E-state index contributed by atoms with van der Waals surface area (Å²) in [5.41, 5.74) is 14.0. The van der Waals surface area contributed by atoms with E-state index in [0.29, 0.717) is 24.8 Å². The van der Waals surface area contributed by atoms with Gasteiger partial charge in [0.2, 0.25) is 0 Å². The Morgan fingerprint density at radius 3 is 1.49 bits per heavy atom. The average Bonchev–Trinajstić information content (AvgIpc) is 3.37. The van der Waals surface area contributed by atoms with Crippen molar-refractivity contribution >= 4 is 59.2 Å². The first-order valence-electron chi connectivity index (χ1n) is 10.7. The average molecular weight is 749 g/mol. The predicted molar refractivity (Wildman–Crippen MR) is 143 cm³/mol. The second kappa shape index (κ2) is 11.8. The molecule has 4 aromatic rings. The molecule has 0 amide bonds. The highest BCUT2D eigenvalue weighted by atomic mass is 79.9. The van der Waals surface area contributed by atoms with Gasteiger partial charge in [0.05, 0.1) is 18.8 Å². The molecular weight excluding hydrogens is 730 g/mol. The van der Waals surface area contributed by atoms with Crippen molar-refractivity contribution in [1.29, 1.82) is 0 Å². The third-order valence-corrected chi connectivity index (χ3v) is 7.09. The minimum atomic E-state index is -4.54. The normalized spacial score (nSPS) is 11.9. The second-order valence-electron chi connectivity index (χ2n) is 8.11. The van der Waals surface area contributed by atoms with Crippen molar-refractivity contribution in [2.24, 2.45) is 0 Å². The van der Waals surface area contributed by atoms with Crippen molar-refractivity contribution in [1.82, 2.24) is 29.5 Å². The van der Waals surface area contributed by atoms with Gasteiger partial charge in [0, 0.05) is 19.1 Å². The minimum Gasteiger partial charge on any atom is -0.398 e. The molecule has 210 valence electrons. The number of rotatable bonds is 4. The second-order valence-corrected chi connectivity index (χ2v) is 10.7. The van der Waals surface area contributed by atoms with Crippen molar-refractivity contribution in [3.8, 4) is 0 Å². The molecule has 39 heavy (non-hydrogen) atoms. The first kappa shape index (κ1) is 30.9. The van der Waals surface area contributed by atoms with Gasteiger partial charge in [-0.25, -0.2) is 19.3 Å². The molecular formula is C22H19Br3F6N8. The van der Waals surface area contributed by atoms with Crippen LogP contribution in [0.2, 0.25) is 0 Å². The van der Waals surface area contributed by atoms with Crippen molar-refractivity contribution in [2.45, 2.75) is 39.3 Å². The van der Waals surface area contributed by atoms with Crippen molar-refractivity contribution in [3.05, 3.63) is 78.2 Å². The van der Waals surface area contributed by atoms with E-state index in [-0.39, 0.29) is 24.7 Å². The molecule has 0 saturated heterocycles. The van der Waals surface area contributed by atoms with E-state index in [0.717, 1.165) is 11.1 Å². The highest BCUT2D eigenvalue weighted by Crippen LogP contribution is 2.31. The Morgan fingerprint density at radius 1 is 0.692 bits per heavy atom. The molecule has 0 aliphatic carbocycles. The molecule has 0 atom stereocenters. The molecule has 0 spiro atoms. The molecule has 4 rings (SSSR count). The number of nitrogens with two attached hydrogens (primary N) is 2. The third kappa shape index (κ3) is 7.94. The van der Waals surface area contributed by atoms with Crippen LogP contribution in [-0.4, -0.2) is 29.5 Å². The molecule has 0 saturated carbocycles. The molecule has 0 fully saturated rings. The fraction of sp³-hybridized carbons (Fsp3) is 0.273. The van der Waals surface area contributed by atoms with Gasteiger partial charge in [-0.3, -0.25) is 0 Å². The first-order valence-corrected chi connectivity index (χ1v) is 13.1. The van der Waals surface area contributed by atoms with Crippen LogP contribution in [0, 0.1) is 13.8 Å². The van der Waals surface area contributed by atoms with E-state index in [9.17, 15) is 26.3 Å². The number of hydrogen-bond acceptors (Lipinski definition) is 6. The van der Waals surface area contributed by atoms with Crippen LogP contribution in [0.4, 0.5) is 37.7 Å². The Balaban J connectivity index is 0.000000216. The van der Waals surface area contributed by atoms with E-state index in [1.54, 1.807) is 30.3 Å². The number of halogens is 9. The highest BCUT2D eigenvalue weighted by Gasteiger charge is 2.37. The Labute approximate surface area is 243 Å². The van der Waals surface area contributed by atoms with Gasteiger partial charge in [-0.05, 0) is 97.0 Å². The van der Waals surface area contributed by atoms with Crippen LogP contribution in [-0.2, 0) is 25.4 Å². The van der Waals surface area contributed by atoms with Gasteiger partial charge in [-0.15, -0.1) is 10.2 Å². The number of nitrogens with zero attached hydrogens (tertiary/aromatic N) is 6. The molecule has 0 radical (unpaired) electrons. The topological polar surface area (TPSA) is 113 Å². The quantitative estimate of drug-likeness (QED) is 0.176. The maximum atomic E-state index is 12.5. The number of alkyl halides is 6. The summed E-state index contributed by atoms with van der Waals surface area (Å²) in [5, 5.41) is 6.94. The Kier molecular flexibility index (Phi) is 9.37. The molecule has 0 bridgehead atoms. The molecule has 2 aromatic carbocycles. The molecule has 0 aliphatic heterocycles. The molecule has 4 N–H and O–H groups in total. The standard InChI is InChI=1S/C11H9Br2F3N4.C11H10BrF3N4/c1-5-18-10(11(14,15)16)19-20(5)4-6-2-7(12)9(17)8(13)3-6;1-6-17-10(11(13,14)15)18-19(6)5-7-2-3-9(16)8(12)4-7/h2-3H,4,17H2,1H3;2-4H,5,16H2,1H3. The van der Waals surface area contributed by atoms with Gasteiger partial charge >= 0.3 is 12.4 Å². The van der Waals surface area contributed by atoms with Crippen LogP contribution < -0.4 is 11.5 Å². The Morgan fingerprint density at radius 2 is 1.10 bits per heavy atom. The summed E-state index contributed by atoms with van der Waals surface area (Å²) < 4.78 is 79.4. The summed E-state index contributed by atoms with van der Waals surface area (Å²) in [6.07, 6.45) is -9.07. The number of anilines is 2. The first-order chi connectivity index (χ1) is 18.0. The molecule has 2 aromatic heterocycles. The lowest BCUT2D eigenvalue weighted by Crippen LogP contribution is -2.09. The van der Waals surface area contributed by atoms with E-state index in [2.05, 4.69) is 68.0 Å².